The standard InChI is InChI=1S/C15H31NO4/c1-11(17-7)19-15(20-12(2)18-8)9-13(3,4)16-14(5,6)10-15/h11-12,16H,9-10H2,1-8H3. The number of hydrogen-bond acceptors (Lipinski definition) is 5. The lowest BCUT2D eigenvalue weighted by Gasteiger charge is -2.53. The minimum Gasteiger partial charge on any atom is -0.356 e. The molecule has 5 heteroatoms. The minimum atomic E-state index is -0.719. The van der Waals surface area contributed by atoms with Gasteiger partial charge in [0, 0.05) is 38.1 Å². The second-order valence-electron chi connectivity index (χ2n) is 7.00. The number of ether oxygens (including phenoxy) is 4. The van der Waals surface area contributed by atoms with E-state index in [2.05, 4.69) is 33.0 Å². The molecule has 1 fully saturated rings. The van der Waals surface area contributed by atoms with Crippen LogP contribution in [-0.4, -0.2) is 43.7 Å². The van der Waals surface area contributed by atoms with E-state index in [0.717, 1.165) is 12.8 Å². The summed E-state index contributed by atoms with van der Waals surface area (Å²) in [6, 6.07) is 0. The van der Waals surface area contributed by atoms with Crippen molar-refractivity contribution < 1.29 is 18.9 Å². The largest absolute Gasteiger partial charge is 0.356 e. The van der Waals surface area contributed by atoms with Gasteiger partial charge in [0.15, 0.2) is 18.4 Å². The van der Waals surface area contributed by atoms with Gasteiger partial charge in [-0.3, -0.25) is 0 Å². The lowest BCUT2D eigenvalue weighted by atomic mass is 9.78. The monoisotopic (exact) mass is 289 g/mol. The van der Waals surface area contributed by atoms with E-state index in [9.17, 15) is 0 Å². The second kappa shape index (κ2) is 6.28. The van der Waals surface area contributed by atoms with E-state index < -0.39 is 5.79 Å². The molecule has 0 amide bonds. The van der Waals surface area contributed by atoms with Crippen LogP contribution in [0.4, 0.5) is 0 Å². The third-order valence-corrected chi connectivity index (χ3v) is 3.52. The van der Waals surface area contributed by atoms with Gasteiger partial charge in [0.05, 0.1) is 0 Å². The van der Waals surface area contributed by atoms with Crippen LogP contribution in [0.3, 0.4) is 0 Å². The molecule has 0 aromatic carbocycles. The van der Waals surface area contributed by atoms with Crippen LogP contribution >= 0.6 is 0 Å². The fourth-order valence-corrected chi connectivity index (χ4v) is 3.31. The number of hydrogen-bond donors (Lipinski definition) is 1. The number of nitrogens with one attached hydrogen (secondary N) is 1. The zero-order valence-electron chi connectivity index (χ0n) is 14.2. The van der Waals surface area contributed by atoms with Gasteiger partial charge in [0.1, 0.15) is 0 Å². The summed E-state index contributed by atoms with van der Waals surface area (Å²) in [5, 5.41) is 3.63. The van der Waals surface area contributed by atoms with Gasteiger partial charge in [-0.1, -0.05) is 0 Å². The molecule has 0 aromatic heterocycles. The van der Waals surface area contributed by atoms with Gasteiger partial charge in [-0.05, 0) is 41.5 Å². The van der Waals surface area contributed by atoms with Crippen LogP contribution in [0.1, 0.15) is 54.4 Å². The maximum absolute atomic E-state index is 6.11. The zero-order chi connectivity index (χ0) is 15.6. The first-order valence-corrected chi connectivity index (χ1v) is 7.24. The summed E-state index contributed by atoms with van der Waals surface area (Å²) in [4.78, 5) is 0. The van der Waals surface area contributed by atoms with Gasteiger partial charge in [-0.2, -0.15) is 0 Å². The highest BCUT2D eigenvalue weighted by atomic mass is 16.8. The highest BCUT2D eigenvalue weighted by Gasteiger charge is 2.50. The zero-order valence-corrected chi connectivity index (χ0v) is 14.2. The molecule has 1 saturated heterocycles. The van der Waals surface area contributed by atoms with Crippen molar-refractivity contribution in [1.29, 1.82) is 0 Å². The van der Waals surface area contributed by atoms with E-state index in [1.165, 1.54) is 0 Å². The predicted molar refractivity (Wildman–Crippen MR) is 78.4 cm³/mol. The van der Waals surface area contributed by atoms with Crippen LogP contribution in [0.15, 0.2) is 0 Å². The molecule has 120 valence electrons. The van der Waals surface area contributed by atoms with Gasteiger partial charge in [0.25, 0.3) is 0 Å². The molecule has 0 aliphatic carbocycles. The number of methoxy groups -OCH3 is 2. The Bertz CT molecular complexity index is 287. The molecule has 2 atom stereocenters. The van der Waals surface area contributed by atoms with Crippen molar-refractivity contribution in [2.45, 2.75) is 83.8 Å². The quantitative estimate of drug-likeness (QED) is 0.762. The number of rotatable bonds is 6. The average molecular weight is 289 g/mol. The van der Waals surface area contributed by atoms with Crippen LogP contribution in [0.2, 0.25) is 0 Å². The van der Waals surface area contributed by atoms with E-state index in [1.54, 1.807) is 14.2 Å². The van der Waals surface area contributed by atoms with E-state index in [1.807, 2.05) is 13.8 Å². The predicted octanol–water partition coefficient (Wildman–Crippen LogP) is 2.64. The summed E-state index contributed by atoms with van der Waals surface area (Å²) in [5.41, 5.74) is -0.189. The first-order chi connectivity index (χ1) is 9.03. The van der Waals surface area contributed by atoms with Gasteiger partial charge in [-0.15, -0.1) is 0 Å². The van der Waals surface area contributed by atoms with E-state index in [-0.39, 0.29) is 23.7 Å². The van der Waals surface area contributed by atoms with Crippen molar-refractivity contribution in [1.82, 2.24) is 5.32 Å². The van der Waals surface area contributed by atoms with Crippen molar-refractivity contribution in [3.05, 3.63) is 0 Å². The molecule has 1 aliphatic rings. The van der Waals surface area contributed by atoms with Crippen LogP contribution in [0, 0.1) is 0 Å². The molecule has 0 aromatic rings. The molecule has 1 N–H and O–H groups in total. The van der Waals surface area contributed by atoms with Crippen molar-refractivity contribution in [3.63, 3.8) is 0 Å². The Kier molecular flexibility index (Phi) is 5.60. The summed E-state index contributed by atoms with van der Waals surface area (Å²) in [7, 11) is 3.27. The highest BCUT2D eigenvalue weighted by Crippen LogP contribution is 2.40. The Labute approximate surface area is 123 Å². The molecule has 1 rings (SSSR count). The van der Waals surface area contributed by atoms with Crippen LogP contribution in [0.5, 0.6) is 0 Å². The SMILES string of the molecule is COC(C)OC1(OC(C)OC)CC(C)(C)NC(C)(C)C1. The molecule has 0 saturated carbocycles. The van der Waals surface area contributed by atoms with Crippen molar-refractivity contribution in [2.24, 2.45) is 0 Å². The summed E-state index contributed by atoms with van der Waals surface area (Å²) in [6.07, 6.45) is 0.794. The van der Waals surface area contributed by atoms with Gasteiger partial charge >= 0.3 is 0 Å². The first-order valence-electron chi connectivity index (χ1n) is 7.24. The van der Waals surface area contributed by atoms with Gasteiger partial charge in [0.2, 0.25) is 0 Å². The summed E-state index contributed by atoms with van der Waals surface area (Å²) in [6.45, 7) is 12.4. The smallest absolute Gasteiger partial charge is 0.178 e. The Morgan fingerprint density at radius 1 is 0.800 bits per heavy atom. The molecule has 0 spiro atoms. The lowest BCUT2D eigenvalue weighted by molar-refractivity contribution is -0.360. The van der Waals surface area contributed by atoms with Crippen molar-refractivity contribution in [2.75, 3.05) is 14.2 Å². The molecule has 2 unspecified atom stereocenters. The summed E-state index contributed by atoms with van der Waals surface area (Å²) in [5.74, 6) is -0.719. The topological polar surface area (TPSA) is 49.0 Å². The molecule has 1 aliphatic heterocycles. The molecular weight excluding hydrogens is 258 g/mol. The lowest BCUT2D eigenvalue weighted by Crippen LogP contribution is -2.65. The average Bonchev–Trinajstić information content (AvgIpc) is 2.23. The van der Waals surface area contributed by atoms with Crippen molar-refractivity contribution in [3.8, 4) is 0 Å². The third kappa shape index (κ3) is 4.97. The normalized spacial score (nSPS) is 27.0. The highest BCUT2D eigenvalue weighted by molar-refractivity contribution is 5.01. The maximum atomic E-state index is 6.11. The molecule has 1 heterocycles. The summed E-state index contributed by atoms with van der Waals surface area (Å²) < 4.78 is 22.7. The van der Waals surface area contributed by atoms with Gasteiger partial charge < -0.3 is 24.3 Å². The molecular formula is C15H31NO4. The van der Waals surface area contributed by atoms with E-state index in [0.29, 0.717) is 0 Å². The Morgan fingerprint density at radius 3 is 1.45 bits per heavy atom. The second-order valence-corrected chi connectivity index (χ2v) is 7.00. The Hall–Kier alpha value is -0.200. The molecule has 0 bridgehead atoms. The van der Waals surface area contributed by atoms with Crippen LogP contribution in [0.25, 0.3) is 0 Å². The minimum absolute atomic E-state index is 0.0946. The van der Waals surface area contributed by atoms with Crippen LogP contribution in [-0.2, 0) is 18.9 Å². The Balaban J connectivity index is 3.01. The third-order valence-electron chi connectivity index (χ3n) is 3.52. The van der Waals surface area contributed by atoms with Crippen molar-refractivity contribution >= 4 is 0 Å². The van der Waals surface area contributed by atoms with E-state index >= 15 is 0 Å². The van der Waals surface area contributed by atoms with E-state index in [4.69, 9.17) is 18.9 Å². The fourth-order valence-electron chi connectivity index (χ4n) is 3.31. The molecule has 5 nitrogen and oxygen atoms in total. The molecule has 0 radical (unpaired) electrons. The molecule has 20 heavy (non-hydrogen) atoms. The number of piperidine rings is 1. The first kappa shape index (κ1) is 17.9. The maximum Gasteiger partial charge on any atom is 0.178 e. The van der Waals surface area contributed by atoms with Gasteiger partial charge in [-0.25, -0.2) is 0 Å². The van der Waals surface area contributed by atoms with Crippen LogP contribution < -0.4 is 5.32 Å². The Morgan fingerprint density at radius 2 is 1.15 bits per heavy atom. The summed E-state index contributed by atoms with van der Waals surface area (Å²) >= 11 is 0. The fraction of sp³-hybridized carbons (Fsp3) is 1.00.